The molecule has 0 aliphatic heterocycles. The van der Waals surface area contributed by atoms with E-state index in [-0.39, 0.29) is 0 Å². The number of rotatable bonds is 4. The van der Waals surface area contributed by atoms with Crippen molar-refractivity contribution in [2.75, 3.05) is 5.75 Å². The molecule has 16 heavy (non-hydrogen) atoms. The Bertz CT molecular complexity index is 361. The van der Waals surface area contributed by atoms with Gasteiger partial charge in [0.15, 0.2) is 0 Å². The van der Waals surface area contributed by atoms with Crippen molar-refractivity contribution in [3.05, 3.63) is 29.3 Å². The van der Waals surface area contributed by atoms with Gasteiger partial charge in [-0.15, -0.1) is 11.8 Å². The van der Waals surface area contributed by atoms with Gasteiger partial charge in [0, 0.05) is 22.3 Å². The third-order valence-corrected chi connectivity index (χ3v) is 4.28. The molecule has 0 N–H and O–H groups in total. The van der Waals surface area contributed by atoms with Crippen LogP contribution >= 0.6 is 23.4 Å². The molecule has 0 radical (unpaired) electrons. The highest BCUT2D eigenvalue weighted by atomic mass is 35.5. The van der Waals surface area contributed by atoms with Gasteiger partial charge in [0.05, 0.1) is 0 Å². The fourth-order valence-electron chi connectivity index (χ4n) is 2.04. The van der Waals surface area contributed by atoms with Crippen LogP contribution in [0.15, 0.2) is 29.2 Å². The van der Waals surface area contributed by atoms with Crippen LogP contribution in [0.4, 0.5) is 0 Å². The normalized spacial score (nSPS) is 20.3. The maximum Gasteiger partial charge on any atom is 0.136 e. The summed E-state index contributed by atoms with van der Waals surface area (Å²) >= 11 is 7.62. The summed E-state index contributed by atoms with van der Waals surface area (Å²) < 4.78 is 0. The largest absolute Gasteiger partial charge is 0.299 e. The summed E-state index contributed by atoms with van der Waals surface area (Å²) in [5.74, 6) is 1.83. The van der Waals surface area contributed by atoms with Crippen molar-refractivity contribution < 1.29 is 4.79 Å². The van der Waals surface area contributed by atoms with Gasteiger partial charge in [0.25, 0.3) is 0 Å². The molecule has 0 aromatic heterocycles. The molecule has 1 nitrogen and oxygen atoms in total. The zero-order chi connectivity index (χ0) is 11.4. The van der Waals surface area contributed by atoms with Crippen molar-refractivity contribution in [2.24, 2.45) is 5.92 Å². The van der Waals surface area contributed by atoms with Crippen LogP contribution in [0.2, 0.25) is 5.02 Å². The molecule has 0 saturated heterocycles. The van der Waals surface area contributed by atoms with E-state index in [1.54, 1.807) is 0 Å². The third-order valence-electron chi connectivity index (χ3n) is 2.98. The van der Waals surface area contributed by atoms with Crippen LogP contribution < -0.4 is 0 Å². The number of hydrogen-bond donors (Lipinski definition) is 0. The summed E-state index contributed by atoms with van der Waals surface area (Å²) in [6.07, 6.45) is 4.01. The van der Waals surface area contributed by atoms with Gasteiger partial charge in [0.1, 0.15) is 5.78 Å². The van der Waals surface area contributed by atoms with E-state index in [0.717, 1.165) is 36.5 Å². The van der Waals surface area contributed by atoms with Gasteiger partial charge < -0.3 is 0 Å². The van der Waals surface area contributed by atoms with Gasteiger partial charge in [-0.05, 0) is 49.3 Å². The number of carbonyl (C=O) groups excluding carboxylic acids is 1. The van der Waals surface area contributed by atoms with Gasteiger partial charge in [0.2, 0.25) is 0 Å². The van der Waals surface area contributed by atoms with Crippen LogP contribution in [0.5, 0.6) is 0 Å². The lowest BCUT2D eigenvalue weighted by Crippen LogP contribution is -2.06. The molecular weight excluding hydrogens is 240 g/mol. The second-order valence-electron chi connectivity index (χ2n) is 4.15. The smallest absolute Gasteiger partial charge is 0.136 e. The van der Waals surface area contributed by atoms with Crippen molar-refractivity contribution in [2.45, 2.75) is 30.6 Å². The Balaban J connectivity index is 1.75. The lowest BCUT2D eigenvalue weighted by molar-refractivity contribution is -0.120. The van der Waals surface area contributed by atoms with Crippen molar-refractivity contribution in [1.82, 2.24) is 0 Å². The zero-order valence-corrected chi connectivity index (χ0v) is 10.7. The zero-order valence-electron chi connectivity index (χ0n) is 9.12. The average Bonchev–Trinajstić information content (AvgIpc) is 2.68. The molecule has 2 rings (SSSR count). The molecule has 0 spiro atoms. The van der Waals surface area contributed by atoms with Crippen molar-refractivity contribution in [3.63, 3.8) is 0 Å². The van der Waals surface area contributed by atoms with Crippen LogP contribution in [0.25, 0.3) is 0 Å². The first kappa shape index (κ1) is 12.0. The highest BCUT2D eigenvalue weighted by molar-refractivity contribution is 7.99. The number of halogens is 1. The molecule has 1 aliphatic rings. The van der Waals surface area contributed by atoms with Crippen LogP contribution in [-0.2, 0) is 4.79 Å². The highest BCUT2D eigenvalue weighted by Gasteiger charge is 2.23. The van der Waals surface area contributed by atoms with E-state index in [1.165, 1.54) is 4.90 Å². The summed E-state index contributed by atoms with van der Waals surface area (Å²) in [7, 11) is 0. The van der Waals surface area contributed by atoms with E-state index in [1.807, 2.05) is 36.0 Å². The standard InChI is InChI=1S/C13H15ClOS/c14-11-4-6-12(7-5-11)16-9-8-10-2-1-3-13(10)15/h4-7,10H,1-3,8-9H2. The molecule has 86 valence electrons. The fraction of sp³-hybridized carbons (Fsp3) is 0.462. The second-order valence-corrected chi connectivity index (χ2v) is 5.75. The van der Waals surface area contributed by atoms with Gasteiger partial charge in [-0.3, -0.25) is 4.79 Å². The number of carbonyl (C=O) groups is 1. The molecule has 0 heterocycles. The predicted molar refractivity (Wildman–Crippen MR) is 69.1 cm³/mol. The third kappa shape index (κ3) is 3.26. The summed E-state index contributed by atoms with van der Waals surface area (Å²) in [4.78, 5) is 12.7. The van der Waals surface area contributed by atoms with Crippen molar-refractivity contribution in [3.8, 4) is 0 Å². The lowest BCUT2D eigenvalue weighted by Gasteiger charge is -2.07. The SMILES string of the molecule is O=C1CCCC1CCSc1ccc(Cl)cc1. The Hall–Kier alpha value is -0.470. The summed E-state index contributed by atoms with van der Waals surface area (Å²) in [5.41, 5.74) is 0. The van der Waals surface area contributed by atoms with Gasteiger partial charge in [-0.1, -0.05) is 11.6 Å². The Morgan fingerprint density at radius 3 is 2.69 bits per heavy atom. The van der Waals surface area contributed by atoms with E-state index in [2.05, 4.69) is 0 Å². The minimum Gasteiger partial charge on any atom is -0.299 e. The van der Waals surface area contributed by atoms with E-state index < -0.39 is 0 Å². The molecule has 1 aromatic rings. The Labute approximate surface area is 106 Å². The molecule has 1 saturated carbocycles. The van der Waals surface area contributed by atoms with Gasteiger partial charge >= 0.3 is 0 Å². The molecule has 1 fully saturated rings. The minimum atomic E-state index is 0.333. The average molecular weight is 255 g/mol. The maximum atomic E-state index is 11.4. The predicted octanol–water partition coefficient (Wildman–Crippen LogP) is 4.19. The first-order chi connectivity index (χ1) is 7.75. The minimum absolute atomic E-state index is 0.333. The second kappa shape index (κ2) is 5.74. The Morgan fingerprint density at radius 1 is 1.31 bits per heavy atom. The van der Waals surface area contributed by atoms with E-state index in [0.29, 0.717) is 11.7 Å². The Morgan fingerprint density at radius 2 is 2.06 bits per heavy atom. The number of hydrogen-bond acceptors (Lipinski definition) is 2. The fourth-order valence-corrected chi connectivity index (χ4v) is 3.14. The molecule has 1 atom stereocenters. The molecule has 1 unspecified atom stereocenters. The van der Waals surface area contributed by atoms with E-state index in [4.69, 9.17) is 11.6 Å². The summed E-state index contributed by atoms with van der Waals surface area (Å²) in [6.45, 7) is 0. The van der Waals surface area contributed by atoms with Crippen LogP contribution in [0, 0.1) is 5.92 Å². The van der Waals surface area contributed by atoms with Gasteiger partial charge in [-0.2, -0.15) is 0 Å². The van der Waals surface area contributed by atoms with Crippen molar-refractivity contribution in [1.29, 1.82) is 0 Å². The molecule has 0 bridgehead atoms. The first-order valence-electron chi connectivity index (χ1n) is 5.67. The van der Waals surface area contributed by atoms with Crippen LogP contribution in [-0.4, -0.2) is 11.5 Å². The Kier molecular flexibility index (Phi) is 4.30. The van der Waals surface area contributed by atoms with Gasteiger partial charge in [-0.25, -0.2) is 0 Å². The number of ketones is 1. The molecule has 3 heteroatoms. The highest BCUT2D eigenvalue weighted by Crippen LogP contribution is 2.28. The molecule has 0 amide bonds. The van der Waals surface area contributed by atoms with E-state index >= 15 is 0 Å². The van der Waals surface area contributed by atoms with Crippen LogP contribution in [0.3, 0.4) is 0 Å². The quantitative estimate of drug-likeness (QED) is 0.750. The topological polar surface area (TPSA) is 17.1 Å². The lowest BCUT2D eigenvalue weighted by atomic mass is 10.1. The number of benzene rings is 1. The molecular formula is C13H15ClOS. The monoisotopic (exact) mass is 254 g/mol. The number of Topliss-reactive ketones (excluding diaryl/α,β-unsaturated/α-hetero) is 1. The summed E-state index contributed by atoms with van der Waals surface area (Å²) in [5, 5.41) is 0.773. The molecule has 1 aromatic carbocycles. The van der Waals surface area contributed by atoms with Crippen LogP contribution in [0.1, 0.15) is 25.7 Å². The maximum absolute atomic E-state index is 11.4. The van der Waals surface area contributed by atoms with E-state index in [9.17, 15) is 4.79 Å². The number of thioether (sulfide) groups is 1. The molecule has 1 aliphatic carbocycles. The first-order valence-corrected chi connectivity index (χ1v) is 7.03. The van der Waals surface area contributed by atoms with Crippen molar-refractivity contribution >= 4 is 29.1 Å². The summed E-state index contributed by atoms with van der Waals surface area (Å²) in [6, 6.07) is 7.88.